The van der Waals surface area contributed by atoms with Crippen molar-refractivity contribution in [3.8, 4) is 5.75 Å². The third-order valence-electron chi connectivity index (χ3n) is 4.20. The molecule has 0 atom stereocenters. The van der Waals surface area contributed by atoms with Crippen LogP contribution < -0.4 is 15.4 Å². The predicted molar refractivity (Wildman–Crippen MR) is 111 cm³/mol. The van der Waals surface area contributed by atoms with Crippen LogP contribution in [0.3, 0.4) is 0 Å². The number of hydrogen-bond donors (Lipinski definition) is 2. The van der Waals surface area contributed by atoms with E-state index in [2.05, 4.69) is 15.6 Å². The smallest absolute Gasteiger partial charge is 0.416 e. The third kappa shape index (κ3) is 5.75. The number of carbonyl (C=O) groups excluding carboxylic acids is 2. The maximum Gasteiger partial charge on any atom is 0.416 e. The Labute approximate surface area is 181 Å². The van der Waals surface area contributed by atoms with Gasteiger partial charge in [0.1, 0.15) is 17.1 Å². The summed E-state index contributed by atoms with van der Waals surface area (Å²) in [4.78, 5) is 28.6. The molecular formula is C22H18F3N3O4. The highest BCUT2D eigenvalue weighted by Crippen LogP contribution is 2.31. The average molecular weight is 445 g/mol. The second-order valence-electron chi connectivity index (χ2n) is 6.43. The summed E-state index contributed by atoms with van der Waals surface area (Å²) in [5, 5.41) is 5.24. The molecule has 2 N–H and O–H groups in total. The van der Waals surface area contributed by atoms with E-state index in [-0.39, 0.29) is 17.1 Å². The Bertz CT molecular complexity index is 1120. The summed E-state index contributed by atoms with van der Waals surface area (Å²) in [6.07, 6.45) is -3.15. The van der Waals surface area contributed by atoms with Gasteiger partial charge >= 0.3 is 12.1 Å². The molecule has 2 aromatic carbocycles. The zero-order valence-corrected chi connectivity index (χ0v) is 16.8. The van der Waals surface area contributed by atoms with Crippen LogP contribution in [0.25, 0.3) is 0 Å². The minimum atomic E-state index is -4.52. The number of nitrogens with one attached hydrogen (secondary N) is 2. The topological polar surface area (TPSA) is 89.5 Å². The van der Waals surface area contributed by atoms with Crippen molar-refractivity contribution in [3.63, 3.8) is 0 Å². The average Bonchev–Trinajstić information content (AvgIpc) is 2.78. The third-order valence-corrected chi connectivity index (χ3v) is 4.20. The zero-order chi connectivity index (χ0) is 23.1. The van der Waals surface area contributed by atoms with E-state index in [0.717, 1.165) is 12.1 Å². The molecule has 3 aromatic rings. The van der Waals surface area contributed by atoms with Gasteiger partial charge in [0.2, 0.25) is 0 Å². The molecule has 32 heavy (non-hydrogen) atoms. The molecule has 0 saturated heterocycles. The Balaban J connectivity index is 1.67. The van der Waals surface area contributed by atoms with Crippen LogP contribution in [-0.2, 0) is 15.7 Å². The SMILES string of the molecule is COc1ccccc1NC(=O)COC(=O)c1cccnc1Nc1cccc(C(F)(F)F)c1. The van der Waals surface area contributed by atoms with Gasteiger partial charge in [0, 0.05) is 11.9 Å². The van der Waals surface area contributed by atoms with Crippen LogP contribution in [0.1, 0.15) is 15.9 Å². The van der Waals surface area contributed by atoms with Gasteiger partial charge < -0.3 is 20.1 Å². The van der Waals surface area contributed by atoms with E-state index in [4.69, 9.17) is 9.47 Å². The number of rotatable bonds is 7. The number of ether oxygens (including phenoxy) is 2. The van der Waals surface area contributed by atoms with Crippen LogP contribution >= 0.6 is 0 Å². The number of aromatic nitrogens is 1. The lowest BCUT2D eigenvalue weighted by Gasteiger charge is -2.13. The van der Waals surface area contributed by atoms with Gasteiger partial charge in [-0.3, -0.25) is 4.79 Å². The van der Waals surface area contributed by atoms with E-state index in [9.17, 15) is 22.8 Å². The molecule has 10 heteroatoms. The van der Waals surface area contributed by atoms with E-state index in [1.807, 2.05) is 0 Å². The zero-order valence-electron chi connectivity index (χ0n) is 16.8. The van der Waals surface area contributed by atoms with Crippen molar-refractivity contribution >= 4 is 29.1 Å². The number of methoxy groups -OCH3 is 1. The number of amides is 1. The molecule has 166 valence electrons. The van der Waals surface area contributed by atoms with Crippen molar-refractivity contribution in [3.05, 3.63) is 78.0 Å². The Kier molecular flexibility index (Phi) is 6.93. The van der Waals surface area contributed by atoms with Gasteiger partial charge in [-0.05, 0) is 42.5 Å². The Morgan fingerprint density at radius 1 is 1.03 bits per heavy atom. The number of nitrogens with zero attached hydrogens (tertiary/aromatic N) is 1. The summed E-state index contributed by atoms with van der Waals surface area (Å²) in [5.74, 6) is -1.05. The summed E-state index contributed by atoms with van der Waals surface area (Å²) < 4.78 is 49.0. The predicted octanol–water partition coefficient (Wildman–Crippen LogP) is 4.65. The van der Waals surface area contributed by atoms with Crippen LogP contribution in [-0.4, -0.2) is 30.6 Å². The lowest BCUT2D eigenvalue weighted by molar-refractivity contribution is -0.137. The van der Waals surface area contributed by atoms with Gasteiger partial charge in [0.05, 0.1) is 18.4 Å². The van der Waals surface area contributed by atoms with Gasteiger partial charge in [-0.15, -0.1) is 0 Å². The van der Waals surface area contributed by atoms with Crippen molar-refractivity contribution in [2.24, 2.45) is 0 Å². The quantitative estimate of drug-likeness (QED) is 0.515. The molecule has 0 fully saturated rings. The molecular weight excluding hydrogens is 427 g/mol. The molecule has 0 saturated carbocycles. The summed E-state index contributed by atoms with van der Waals surface area (Å²) in [5.41, 5.74) is -0.406. The summed E-state index contributed by atoms with van der Waals surface area (Å²) in [6, 6.07) is 14.0. The number of esters is 1. The molecule has 0 aliphatic heterocycles. The second-order valence-corrected chi connectivity index (χ2v) is 6.43. The van der Waals surface area contributed by atoms with Gasteiger partial charge in [-0.1, -0.05) is 18.2 Å². The number of carbonyl (C=O) groups is 2. The highest BCUT2D eigenvalue weighted by atomic mass is 19.4. The summed E-state index contributed by atoms with van der Waals surface area (Å²) >= 11 is 0. The van der Waals surface area contributed by atoms with E-state index in [0.29, 0.717) is 11.4 Å². The van der Waals surface area contributed by atoms with E-state index in [1.54, 1.807) is 24.3 Å². The van der Waals surface area contributed by atoms with Crippen molar-refractivity contribution in [2.75, 3.05) is 24.4 Å². The molecule has 1 aromatic heterocycles. The molecule has 0 aliphatic carbocycles. The molecule has 0 aliphatic rings. The van der Waals surface area contributed by atoms with Gasteiger partial charge in [-0.2, -0.15) is 13.2 Å². The normalized spacial score (nSPS) is 10.9. The standard InChI is InChI=1S/C22H18F3N3O4/c1-31-18-10-3-2-9-17(18)28-19(29)13-32-21(30)16-8-5-11-26-20(16)27-15-7-4-6-14(12-15)22(23,24)25/h2-12H,13H2,1H3,(H,26,27)(H,28,29). The lowest BCUT2D eigenvalue weighted by Crippen LogP contribution is -2.21. The molecule has 1 amide bonds. The number of anilines is 3. The largest absolute Gasteiger partial charge is 0.495 e. The first-order valence-corrected chi connectivity index (χ1v) is 9.27. The molecule has 0 radical (unpaired) electrons. The highest BCUT2D eigenvalue weighted by molar-refractivity contribution is 5.98. The van der Waals surface area contributed by atoms with Gasteiger partial charge in [0.25, 0.3) is 5.91 Å². The number of halogens is 3. The van der Waals surface area contributed by atoms with Crippen molar-refractivity contribution in [1.82, 2.24) is 4.98 Å². The fourth-order valence-electron chi connectivity index (χ4n) is 2.72. The molecule has 3 rings (SSSR count). The molecule has 0 bridgehead atoms. The maximum absolute atomic E-state index is 12.9. The van der Waals surface area contributed by atoms with E-state index >= 15 is 0 Å². The van der Waals surface area contributed by atoms with E-state index < -0.39 is 30.2 Å². The van der Waals surface area contributed by atoms with Crippen molar-refractivity contribution < 1.29 is 32.2 Å². The van der Waals surface area contributed by atoms with Gasteiger partial charge in [0.15, 0.2) is 6.61 Å². The molecule has 7 nitrogen and oxygen atoms in total. The lowest BCUT2D eigenvalue weighted by atomic mass is 10.2. The minimum absolute atomic E-state index is 0.0121. The number of benzene rings is 2. The minimum Gasteiger partial charge on any atom is -0.495 e. The Hall–Kier alpha value is -4.08. The summed E-state index contributed by atoms with van der Waals surface area (Å²) in [7, 11) is 1.45. The first-order valence-electron chi connectivity index (χ1n) is 9.27. The van der Waals surface area contributed by atoms with Crippen LogP contribution in [0.2, 0.25) is 0 Å². The molecule has 0 spiro atoms. The first-order chi connectivity index (χ1) is 15.3. The highest BCUT2D eigenvalue weighted by Gasteiger charge is 2.30. The second kappa shape index (κ2) is 9.82. The first kappa shape index (κ1) is 22.6. The Morgan fingerprint density at radius 3 is 2.56 bits per heavy atom. The molecule has 0 unspecified atom stereocenters. The van der Waals surface area contributed by atoms with Crippen LogP contribution in [0.5, 0.6) is 5.75 Å². The van der Waals surface area contributed by atoms with Crippen LogP contribution in [0, 0.1) is 0 Å². The van der Waals surface area contributed by atoms with E-state index in [1.165, 1.54) is 37.6 Å². The monoisotopic (exact) mass is 445 g/mol. The fraction of sp³-hybridized carbons (Fsp3) is 0.136. The molecule has 1 heterocycles. The van der Waals surface area contributed by atoms with Crippen molar-refractivity contribution in [2.45, 2.75) is 6.18 Å². The number of alkyl halides is 3. The fourth-order valence-corrected chi connectivity index (χ4v) is 2.72. The summed E-state index contributed by atoms with van der Waals surface area (Å²) in [6.45, 7) is -0.589. The van der Waals surface area contributed by atoms with Gasteiger partial charge in [-0.25, -0.2) is 9.78 Å². The van der Waals surface area contributed by atoms with Crippen molar-refractivity contribution in [1.29, 1.82) is 0 Å². The number of pyridine rings is 1. The number of para-hydroxylation sites is 2. The number of hydrogen-bond acceptors (Lipinski definition) is 6. The Morgan fingerprint density at radius 2 is 1.81 bits per heavy atom. The maximum atomic E-state index is 12.9. The van der Waals surface area contributed by atoms with Crippen LogP contribution in [0.15, 0.2) is 66.9 Å². The van der Waals surface area contributed by atoms with Crippen LogP contribution in [0.4, 0.5) is 30.4 Å².